The first kappa shape index (κ1) is 14.7. The molecule has 6 heteroatoms. The number of hydrogen-bond donors (Lipinski definition) is 2. The monoisotopic (exact) mass is 285 g/mol. The number of anilines is 1. The number of benzene rings is 1. The molecule has 0 aliphatic rings. The number of aromatic nitrogens is 2. The van der Waals surface area contributed by atoms with Gasteiger partial charge in [0.1, 0.15) is 23.3 Å². The molecule has 0 aliphatic heterocycles. The second-order valence-electron chi connectivity index (χ2n) is 5.82. The van der Waals surface area contributed by atoms with Gasteiger partial charge in [0, 0.05) is 11.0 Å². The minimum absolute atomic E-state index is 0.231. The number of imidazole rings is 1. The fourth-order valence-corrected chi connectivity index (χ4v) is 2.13. The smallest absolute Gasteiger partial charge is 0.150 e. The van der Waals surface area contributed by atoms with Crippen molar-refractivity contribution in [1.29, 1.82) is 5.26 Å². The minimum Gasteiger partial charge on any atom is -0.495 e. The Morgan fingerprint density at radius 3 is 2.48 bits per heavy atom. The molecule has 0 bridgehead atoms. The van der Waals surface area contributed by atoms with E-state index >= 15 is 0 Å². The lowest BCUT2D eigenvalue weighted by Gasteiger charge is -2.17. The van der Waals surface area contributed by atoms with Gasteiger partial charge in [0.15, 0.2) is 5.82 Å². The zero-order valence-electron chi connectivity index (χ0n) is 12.6. The van der Waals surface area contributed by atoms with Gasteiger partial charge in [-0.25, -0.2) is 9.66 Å². The molecular formula is C15H19N5O. The topological polar surface area (TPSA) is 103 Å². The van der Waals surface area contributed by atoms with Crippen molar-refractivity contribution in [3.05, 3.63) is 29.6 Å². The van der Waals surface area contributed by atoms with Crippen LogP contribution >= 0.6 is 0 Å². The zero-order chi connectivity index (χ0) is 15.8. The van der Waals surface area contributed by atoms with Crippen LogP contribution in [0, 0.1) is 11.3 Å². The molecule has 21 heavy (non-hydrogen) atoms. The maximum absolute atomic E-state index is 9.17. The van der Waals surface area contributed by atoms with E-state index in [-0.39, 0.29) is 5.41 Å². The average molecular weight is 285 g/mol. The number of rotatable bonds is 2. The Kier molecular flexibility index (Phi) is 3.52. The Morgan fingerprint density at radius 1 is 1.33 bits per heavy atom. The van der Waals surface area contributed by atoms with Crippen LogP contribution < -0.4 is 16.3 Å². The van der Waals surface area contributed by atoms with Crippen molar-refractivity contribution in [3.63, 3.8) is 0 Å². The second kappa shape index (κ2) is 5.02. The van der Waals surface area contributed by atoms with Gasteiger partial charge in [-0.15, -0.1) is 0 Å². The van der Waals surface area contributed by atoms with E-state index in [0.717, 1.165) is 5.56 Å². The molecule has 0 atom stereocenters. The maximum atomic E-state index is 9.17. The maximum Gasteiger partial charge on any atom is 0.150 e. The summed E-state index contributed by atoms with van der Waals surface area (Å²) in [5.41, 5.74) is 7.56. The molecule has 0 saturated heterocycles. The van der Waals surface area contributed by atoms with Crippen molar-refractivity contribution in [1.82, 2.24) is 9.66 Å². The largest absolute Gasteiger partial charge is 0.495 e. The molecule has 4 N–H and O–H groups in total. The third-order valence-electron chi connectivity index (χ3n) is 3.21. The van der Waals surface area contributed by atoms with Gasteiger partial charge < -0.3 is 16.3 Å². The van der Waals surface area contributed by atoms with E-state index in [1.54, 1.807) is 12.1 Å². The summed E-state index contributed by atoms with van der Waals surface area (Å²) in [4.78, 5) is 4.54. The van der Waals surface area contributed by atoms with Crippen LogP contribution in [0.4, 0.5) is 5.82 Å². The van der Waals surface area contributed by atoms with Gasteiger partial charge in [-0.2, -0.15) is 5.26 Å². The van der Waals surface area contributed by atoms with Crippen LogP contribution in [0.2, 0.25) is 0 Å². The van der Waals surface area contributed by atoms with Gasteiger partial charge in [0.05, 0.1) is 12.7 Å². The van der Waals surface area contributed by atoms with Crippen LogP contribution in [0.1, 0.15) is 32.2 Å². The summed E-state index contributed by atoms with van der Waals surface area (Å²) in [6.07, 6.45) is 0. The van der Waals surface area contributed by atoms with Crippen LogP contribution in [-0.2, 0) is 5.41 Å². The molecule has 1 aromatic heterocycles. The molecule has 1 heterocycles. The van der Waals surface area contributed by atoms with Crippen LogP contribution in [-0.4, -0.2) is 16.8 Å². The SMILES string of the molecule is COc1ccc(-c2nc(C(C)(C)C)n(N)c2N)cc1C#N. The Balaban J connectivity index is 2.61. The van der Waals surface area contributed by atoms with E-state index in [0.29, 0.717) is 28.6 Å². The molecule has 0 spiro atoms. The van der Waals surface area contributed by atoms with E-state index in [1.165, 1.54) is 11.8 Å². The summed E-state index contributed by atoms with van der Waals surface area (Å²) >= 11 is 0. The Bertz CT molecular complexity index is 719. The van der Waals surface area contributed by atoms with Crippen molar-refractivity contribution in [2.24, 2.45) is 0 Å². The van der Waals surface area contributed by atoms with Crippen molar-refractivity contribution < 1.29 is 4.74 Å². The number of nitrogens with two attached hydrogens (primary N) is 2. The number of methoxy groups -OCH3 is 1. The quantitative estimate of drug-likeness (QED) is 0.822. The highest BCUT2D eigenvalue weighted by molar-refractivity contribution is 5.73. The van der Waals surface area contributed by atoms with Crippen molar-refractivity contribution in [3.8, 4) is 23.1 Å². The minimum atomic E-state index is -0.231. The van der Waals surface area contributed by atoms with E-state index in [9.17, 15) is 0 Å². The van der Waals surface area contributed by atoms with Crippen LogP contribution in [0.3, 0.4) is 0 Å². The number of nitrogens with zero attached hydrogens (tertiary/aromatic N) is 3. The van der Waals surface area contributed by atoms with E-state index < -0.39 is 0 Å². The first-order chi connectivity index (χ1) is 9.79. The summed E-state index contributed by atoms with van der Waals surface area (Å²) < 4.78 is 6.53. The summed E-state index contributed by atoms with van der Waals surface area (Å²) in [7, 11) is 1.52. The fraction of sp³-hybridized carbons (Fsp3) is 0.333. The summed E-state index contributed by atoms with van der Waals surface area (Å²) in [5, 5.41) is 9.17. The van der Waals surface area contributed by atoms with Gasteiger partial charge >= 0.3 is 0 Å². The average Bonchev–Trinajstić information content (AvgIpc) is 2.74. The second-order valence-corrected chi connectivity index (χ2v) is 5.82. The third kappa shape index (κ3) is 2.50. The highest BCUT2D eigenvalue weighted by Gasteiger charge is 2.24. The van der Waals surface area contributed by atoms with E-state index in [2.05, 4.69) is 11.1 Å². The molecule has 0 fully saturated rings. The summed E-state index contributed by atoms with van der Waals surface area (Å²) in [5.74, 6) is 7.56. The van der Waals surface area contributed by atoms with Crippen molar-refractivity contribution >= 4 is 5.82 Å². The molecule has 6 nitrogen and oxygen atoms in total. The summed E-state index contributed by atoms with van der Waals surface area (Å²) in [6.45, 7) is 6.03. The molecule has 1 aromatic carbocycles. The lowest BCUT2D eigenvalue weighted by molar-refractivity contribution is 0.413. The predicted molar refractivity (Wildman–Crippen MR) is 82.2 cm³/mol. The Hall–Kier alpha value is -2.68. The van der Waals surface area contributed by atoms with E-state index in [1.807, 2.05) is 26.8 Å². The summed E-state index contributed by atoms with van der Waals surface area (Å²) in [6, 6.07) is 7.33. The molecule has 0 radical (unpaired) electrons. The molecule has 2 rings (SSSR count). The zero-order valence-corrected chi connectivity index (χ0v) is 12.6. The van der Waals surface area contributed by atoms with Crippen molar-refractivity contribution in [2.75, 3.05) is 18.7 Å². The van der Waals surface area contributed by atoms with E-state index in [4.69, 9.17) is 21.6 Å². The first-order valence-corrected chi connectivity index (χ1v) is 6.52. The highest BCUT2D eigenvalue weighted by atomic mass is 16.5. The molecule has 110 valence electrons. The van der Waals surface area contributed by atoms with Crippen LogP contribution in [0.25, 0.3) is 11.3 Å². The van der Waals surface area contributed by atoms with Gasteiger partial charge in [-0.05, 0) is 18.2 Å². The molecule has 0 aliphatic carbocycles. The van der Waals surface area contributed by atoms with Gasteiger partial charge in [0.25, 0.3) is 0 Å². The number of hydrogen-bond acceptors (Lipinski definition) is 5. The fourth-order valence-electron chi connectivity index (χ4n) is 2.13. The number of ether oxygens (including phenoxy) is 1. The van der Waals surface area contributed by atoms with Gasteiger partial charge in [-0.3, -0.25) is 0 Å². The predicted octanol–water partition coefficient (Wildman–Crippen LogP) is 2.02. The molecule has 0 saturated carbocycles. The Labute approximate surface area is 123 Å². The third-order valence-corrected chi connectivity index (χ3v) is 3.21. The van der Waals surface area contributed by atoms with Crippen LogP contribution in [0.15, 0.2) is 18.2 Å². The first-order valence-electron chi connectivity index (χ1n) is 6.52. The molecule has 0 unspecified atom stereocenters. The van der Waals surface area contributed by atoms with Crippen LogP contribution in [0.5, 0.6) is 5.75 Å². The molecular weight excluding hydrogens is 266 g/mol. The standard InChI is InChI=1S/C15H19N5O/c1-15(2,3)14-19-12(13(17)20(14)18)9-5-6-11(21-4)10(7-9)8-16/h5-7H,17-18H2,1-4H3. The van der Waals surface area contributed by atoms with Gasteiger partial charge in [0.2, 0.25) is 0 Å². The lowest BCUT2D eigenvalue weighted by atomic mass is 9.96. The lowest BCUT2D eigenvalue weighted by Crippen LogP contribution is -2.24. The Morgan fingerprint density at radius 2 is 2.00 bits per heavy atom. The highest BCUT2D eigenvalue weighted by Crippen LogP contribution is 2.32. The van der Waals surface area contributed by atoms with Crippen molar-refractivity contribution in [2.45, 2.75) is 26.2 Å². The van der Waals surface area contributed by atoms with Gasteiger partial charge in [-0.1, -0.05) is 20.8 Å². The number of nitrogen functional groups attached to an aromatic ring is 2. The molecule has 2 aromatic rings. The normalized spacial score (nSPS) is 11.2. The molecule has 0 amide bonds. The number of nitriles is 1.